The van der Waals surface area contributed by atoms with Crippen LogP contribution in [-0.2, 0) is 0 Å². The summed E-state index contributed by atoms with van der Waals surface area (Å²) in [7, 11) is 0. The number of aromatic amines is 1. The third-order valence-corrected chi connectivity index (χ3v) is 3.03. The normalized spacial score (nSPS) is 10.4. The van der Waals surface area contributed by atoms with Crippen molar-refractivity contribution in [3.8, 4) is 5.75 Å². The quantitative estimate of drug-likeness (QED) is 0.713. The number of H-pyrrole nitrogens is 1. The number of fused-ring (bicyclic) bond motifs is 1. The van der Waals surface area contributed by atoms with E-state index in [1.54, 1.807) is 12.1 Å². The van der Waals surface area contributed by atoms with Crippen molar-refractivity contribution in [2.45, 2.75) is 0 Å². The number of benzene rings is 2. The van der Waals surface area contributed by atoms with E-state index in [0.29, 0.717) is 5.56 Å². The molecule has 0 aliphatic heterocycles. The minimum Gasteiger partial charge on any atom is -0.473 e. The Kier molecular flexibility index (Phi) is 3.37. The predicted octanol–water partition coefficient (Wildman–Crippen LogP) is 2.93. The Morgan fingerprint density at radius 2 is 1.95 bits per heavy atom. The maximum absolute atomic E-state index is 11.8. The fourth-order valence-corrected chi connectivity index (χ4v) is 2.00. The SMILES string of the molecule is O=C(NCOc1ccc2[nH]ccc2c1)c1ccccc1. The summed E-state index contributed by atoms with van der Waals surface area (Å²) in [5, 5.41) is 3.80. The molecule has 0 bridgehead atoms. The molecule has 4 heteroatoms. The number of nitrogens with one attached hydrogen (secondary N) is 2. The van der Waals surface area contributed by atoms with Crippen LogP contribution in [0.15, 0.2) is 60.8 Å². The molecule has 2 N–H and O–H groups in total. The highest BCUT2D eigenvalue weighted by molar-refractivity contribution is 5.94. The Morgan fingerprint density at radius 3 is 2.80 bits per heavy atom. The van der Waals surface area contributed by atoms with Crippen LogP contribution < -0.4 is 10.1 Å². The van der Waals surface area contributed by atoms with E-state index in [4.69, 9.17) is 4.74 Å². The van der Waals surface area contributed by atoms with Crippen molar-refractivity contribution < 1.29 is 9.53 Å². The van der Waals surface area contributed by atoms with Crippen molar-refractivity contribution in [1.29, 1.82) is 0 Å². The fraction of sp³-hybridized carbons (Fsp3) is 0.0625. The molecule has 0 aliphatic carbocycles. The van der Waals surface area contributed by atoms with Crippen molar-refractivity contribution in [3.63, 3.8) is 0 Å². The van der Waals surface area contributed by atoms with Crippen LogP contribution in [0.2, 0.25) is 0 Å². The summed E-state index contributed by atoms with van der Waals surface area (Å²) in [6.45, 7) is 0.143. The molecular weight excluding hydrogens is 252 g/mol. The molecule has 1 aromatic heterocycles. The van der Waals surface area contributed by atoms with Gasteiger partial charge in [-0.25, -0.2) is 0 Å². The molecule has 4 nitrogen and oxygen atoms in total. The first-order valence-electron chi connectivity index (χ1n) is 6.36. The smallest absolute Gasteiger partial charge is 0.253 e. The molecule has 3 aromatic rings. The van der Waals surface area contributed by atoms with Gasteiger partial charge in [-0.05, 0) is 36.4 Å². The first kappa shape index (κ1) is 12.3. The molecule has 0 unspecified atom stereocenters. The summed E-state index contributed by atoms with van der Waals surface area (Å²) in [5.74, 6) is 0.582. The van der Waals surface area contributed by atoms with Crippen molar-refractivity contribution >= 4 is 16.8 Å². The van der Waals surface area contributed by atoms with Gasteiger partial charge in [0, 0.05) is 22.7 Å². The van der Waals surface area contributed by atoms with E-state index in [1.165, 1.54) is 0 Å². The second-order valence-electron chi connectivity index (χ2n) is 4.39. The van der Waals surface area contributed by atoms with Gasteiger partial charge in [0.2, 0.25) is 0 Å². The summed E-state index contributed by atoms with van der Waals surface area (Å²) >= 11 is 0. The Bertz CT molecular complexity index is 719. The lowest BCUT2D eigenvalue weighted by Crippen LogP contribution is -2.27. The predicted molar refractivity (Wildman–Crippen MR) is 77.7 cm³/mol. The van der Waals surface area contributed by atoms with Gasteiger partial charge in [0.05, 0.1) is 0 Å². The number of carbonyl (C=O) groups is 1. The third kappa shape index (κ3) is 2.64. The summed E-state index contributed by atoms with van der Waals surface area (Å²) in [6, 6.07) is 16.8. The van der Waals surface area contributed by atoms with Gasteiger partial charge in [-0.1, -0.05) is 18.2 Å². The number of rotatable bonds is 4. The van der Waals surface area contributed by atoms with E-state index >= 15 is 0 Å². The second kappa shape index (κ2) is 5.48. The highest BCUT2D eigenvalue weighted by atomic mass is 16.5. The van der Waals surface area contributed by atoms with Crippen LogP contribution in [0.4, 0.5) is 0 Å². The number of hydrogen-bond acceptors (Lipinski definition) is 2. The van der Waals surface area contributed by atoms with E-state index in [2.05, 4.69) is 10.3 Å². The van der Waals surface area contributed by atoms with Gasteiger partial charge in [-0.2, -0.15) is 0 Å². The average Bonchev–Trinajstić information content (AvgIpc) is 2.95. The molecule has 0 saturated heterocycles. The van der Waals surface area contributed by atoms with Crippen LogP contribution in [0.25, 0.3) is 10.9 Å². The Balaban J connectivity index is 1.58. The number of carbonyl (C=O) groups excluding carboxylic acids is 1. The Labute approximate surface area is 116 Å². The first-order valence-corrected chi connectivity index (χ1v) is 6.36. The standard InChI is InChI=1S/C16H14N2O2/c19-16(12-4-2-1-3-5-12)18-11-20-14-6-7-15-13(10-14)8-9-17-15/h1-10,17H,11H2,(H,18,19). The molecule has 0 atom stereocenters. The highest BCUT2D eigenvalue weighted by Crippen LogP contribution is 2.19. The topological polar surface area (TPSA) is 54.1 Å². The summed E-state index contributed by atoms with van der Waals surface area (Å²) in [4.78, 5) is 14.9. The number of ether oxygens (including phenoxy) is 1. The lowest BCUT2D eigenvalue weighted by atomic mass is 10.2. The van der Waals surface area contributed by atoms with Gasteiger partial charge in [-0.15, -0.1) is 0 Å². The van der Waals surface area contributed by atoms with E-state index in [0.717, 1.165) is 16.7 Å². The van der Waals surface area contributed by atoms with Crippen molar-refractivity contribution in [1.82, 2.24) is 10.3 Å². The monoisotopic (exact) mass is 266 g/mol. The van der Waals surface area contributed by atoms with Gasteiger partial charge in [-0.3, -0.25) is 4.79 Å². The zero-order chi connectivity index (χ0) is 13.8. The van der Waals surface area contributed by atoms with E-state index in [1.807, 2.05) is 48.7 Å². The van der Waals surface area contributed by atoms with Gasteiger partial charge >= 0.3 is 0 Å². The molecule has 1 amide bonds. The number of aromatic nitrogens is 1. The van der Waals surface area contributed by atoms with Crippen LogP contribution in [0.3, 0.4) is 0 Å². The van der Waals surface area contributed by atoms with Crippen molar-refractivity contribution in [2.24, 2.45) is 0 Å². The molecule has 100 valence electrons. The molecule has 0 spiro atoms. The van der Waals surface area contributed by atoms with E-state index < -0.39 is 0 Å². The summed E-state index contributed by atoms with van der Waals surface area (Å²) in [6.07, 6.45) is 1.88. The third-order valence-electron chi connectivity index (χ3n) is 3.03. The van der Waals surface area contributed by atoms with Gasteiger partial charge < -0.3 is 15.0 Å². The average molecular weight is 266 g/mol. The Morgan fingerprint density at radius 1 is 1.10 bits per heavy atom. The van der Waals surface area contributed by atoms with E-state index in [9.17, 15) is 4.79 Å². The maximum Gasteiger partial charge on any atom is 0.253 e. The molecule has 0 aliphatic rings. The molecule has 1 heterocycles. The molecular formula is C16H14N2O2. The number of amides is 1. The fourth-order valence-electron chi connectivity index (χ4n) is 2.00. The van der Waals surface area contributed by atoms with Gasteiger partial charge in [0.15, 0.2) is 6.73 Å². The molecule has 2 aromatic carbocycles. The highest BCUT2D eigenvalue weighted by Gasteiger charge is 2.03. The number of hydrogen-bond donors (Lipinski definition) is 2. The minimum atomic E-state index is -0.145. The molecule has 3 rings (SSSR count). The van der Waals surface area contributed by atoms with Crippen LogP contribution in [0.5, 0.6) is 5.75 Å². The van der Waals surface area contributed by atoms with Crippen LogP contribution in [-0.4, -0.2) is 17.6 Å². The first-order chi connectivity index (χ1) is 9.83. The van der Waals surface area contributed by atoms with Gasteiger partial charge in [0.1, 0.15) is 5.75 Å². The van der Waals surface area contributed by atoms with Crippen molar-refractivity contribution in [3.05, 3.63) is 66.4 Å². The van der Waals surface area contributed by atoms with Crippen LogP contribution in [0, 0.1) is 0 Å². The van der Waals surface area contributed by atoms with Crippen LogP contribution in [0.1, 0.15) is 10.4 Å². The maximum atomic E-state index is 11.8. The van der Waals surface area contributed by atoms with Gasteiger partial charge in [0.25, 0.3) is 5.91 Å². The second-order valence-corrected chi connectivity index (χ2v) is 4.39. The summed E-state index contributed by atoms with van der Waals surface area (Å²) in [5.41, 5.74) is 1.68. The largest absolute Gasteiger partial charge is 0.473 e. The lowest BCUT2D eigenvalue weighted by molar-refractivity contribution is 0.0919. The molecule has 0 saturated carbocycles. The van der Waals surface area contributed by atoms with Crippen LogP contribution >= 0.6 is 0 Å². The zero-order valence-electron chi connectivity index (χ0n) is 10.8. The molecule has 0 fully saturated rings. The lowest BCUT2D eigenvalue weighted by Gasteiger charge is -2.08. The summed E-state index contributed by atoms with van der Waals surface area (Å²) < 4.78 is 5.53. The van der Waals surface area contributed by atoms with E-state index in [-0.39, 0.29) is 12.6 Å². The minimum absolute atomic E-state index is 0.143. The molecule has 0 radical (unpaired) electrons. The zero-order valence-corrected chi connectivity index (χ0v) is 10.8. The molecule has 20 heavy (non-hydrogen) atoms. The Hall–Kier alpha value is -2.75. The van der Waals surface area contributed by atoms with Crippen molar-refractivity contribution in [2.75, 3.05) is 6.73 Å².